The number of hydrogen-bond donors (Lipinski definition) is 0. The number of rotatable bonds is 7. The van der Waals surface area contributed by atoms with Gasteiger partial charge < -0.3 is 0 Å². The van der Waals surface area contributed by atoms with Gasteiger partial charge in [-0.1, -0.05) is 0 Å². The fourth-order valence-electron chi connectivity index (χ4n) is 7.30. The summed E-state index contributed by atoms with van der Waals surface area (Å²) in [5, 5.41) is 3.00. The van der Waals surface area contributed by atoms with Crippen LogP contribution in [0, 0.1) is 0 Å². The molecule has 0 saturated carbocycles. The maximum absolute atomic E-state index is 7.91. The van der Waals surface area contributed by atoms with Crippen molar-refractivity contribution in [3.8, 4) is 33.4 Å². The second kappa shape index (κ2) is 11.5. The van der Waals surface area contributed by atoms with Gasteiger partial charge in [0, 0.05) is 0 Å². The van der Waals surface area contributed by atoms with Crippen LogP contribution < -0.4 is 13.6 Å². The molecule has 5 aromatic carbocycles. The first kappa shape index (κ1) is 28.3. The Morgan fingerprint density at radius 1 is 0.690 bits per heavy atom. The van der Waals surface area contributed by atoms with Gasteiger partial charge in [0.1, 0.15) is 0 Å². The molecule has 42 heavy (non-hydrogen) atoms. The minimum atomic E-state index is -4.00. The molecule has 1 aliphatic heterocycles. The zero-order chi connectivity index (χ0) is 28.8. The third-order valence-corrected chi connectivity index (χ3v) is 23.5. The van der Waals surface area contributed by atoms with Gasteiger partial charge in [-0.3, -0.25) is 0 Å². The maximum atomic E-state index is 7.91. The van der Waals surface area contributed by atoms with E-state index < -0.39 is 27.4 Å². The first-order valence-electron chi connectivity index (χ1n) is 15.1. The number of benzene rings is 5. The fourth-order valence-corrected chi connectivity index (χ4v) is 24.2. The summed E-state index contributed by atoms with van der Waals surface area (Å²) in [6, 6.07) is 40.0. The van der Waals surface area contributed by atoms with Crippen molar-refractivity contribution in [2.75, 3.05) is 0 Å². The van der Waals surface area contributed by atoms with Crippen molar-refractivity contribution in [2.45, 2.75) is 36.7 Å². The third-order valence-electron chi connectivity index (χ3n) is 9.15. The zero-order valence-electron chi connectivity index (χ0n) is 24.1. The van der Waals surface area contributed by atoms with E-state index in [0.29, 0.717) is 0 Å². The van der Waals surface area contributed by atoms with Crippen LogP contribution in [0.1, 0.15) is 47.0 Å². The summed E-state index contributed by atoms with van der Waals surface area (Å²) in [4.78, 5) is 0. The van der Waals surface area contributed by atoms with E-state index >= 15 is 0 Å². The van der Waals surface area contributed by atoms with Crippen LogP contribution in [0.15, 0.2) is 115 Å². The molecule has 1 heterocycles. The van der Waals surface area contributed by atoms with E-state index in [9.17, 15) is 0 Å². The summed E-state index contributed by atoms with van der Waals surface area (Å²) >= 11 is -4.00. The van der Waals surface area contributed by atoms with Gasteiger partial charge in [0.2, 0.25) is 0 Å². The van der Waals surface area contributed by atoms with Crippen LogP contribution in [0.4, 0.5) is 0 Å². The van der Waals surface area contributed by atoms with E-state index in [0.717, 1.165) is 19.3 Å². The van der Waals surface area contributed by atoms with Gasteiger partial charge in [-0.15, -0.1) is 0 Å². The van der Waals surface area contributed by atoms with E-state index in [2.05, 4.69) is 129 Å². The van der Waals surface area contributed by atoms with Gasteiger partial charge in [-0.25, -0.2) is 0 Å². The molecule has 2 aliphatic rings. The van der Waals surface area contributed by atoms with E-state index in [1.807, 2.05) is 0 Å². The molecule has 208 valence electrons. The van der Waals surface area contributed by atoms with Crippen LogP contribution in [-0.2, 0) is 24.3 Å². The molecule has 1 aliphatic carbocycles. The topological polar surface area (TPSA) is 0 Å². The number of hydrogen-bond acceptors (Lipinski definition) is 0. The molecular formula is C38H34Cl2SiZr. The minimum absolute atomic E-state index is 0.107. The molecule has 0 radical (unpaired) electrons. The van der Waals surface area contributed by atoms with Crippen LogP contribution in [-0.4, -0.2) is 9.52 Å². The standard InChI is InChI=1S/C26H25.C12H9Si.2ClH.Zr/c1-3-10-19-17-22-16-15-20(4-2)26(25(22)18-19)24-14-9-8-13-23(24)21-11-6-5-7-12-21;1-3-7-11-9(5-1)10-6-2-4-8-12(10)13-11;;;/h5-9,11-18H,3-4,10H2,1-2H3;1-7H,13H2;2*1H;/q;;;;+2/p-2. The van der Waals surface area contributed by atoms with Crippen LogP contribution >= 0.6 is 17.0 Å². The Morgan fingerprint density at radius 3 is 2.14 bits per heavy atom. The molecular weight excluding hydrogens is 647 g/mol. The summed E-state index contributed by atoms with van der Waals surface area (Å²) in [6.07, 6.45) is 5.55. The number of allylic oxidation sites excluding steroid dienone is 1. The molecule has 1 atom stereocenters. The van der Waals surface area contributed by atoms with E-state index in [1.54, 1.807) is 0 Å². The Kier molecular flexibility index (Phi) is 7.78. The molecule has 0 N–H and O–H groups in total. The SMILES string of the molecule is CCCC1=Cc2c(ccc(CC)c2-c2ccccc2-c2ccccc2)[CH]1[Zr]([Cl])([Cl])[c]1cccc2c1[SiH2]c1ccccc1-2. The van der Waals surface area contributed by atoms with Crippen LogP contribution in [0.3, 0.4) is 0 Å². The van der Waals surface area contributed by atoms with Gasteiger partial charge in [0.05, 0.1) is 0 Å². The van der Waals surface area contributed by atoms with Crippen molar-refractivity contribution in [3.05, 3.63) is 131 Å². The summed E-state index contributed by atoms with van der Waals surface area (Å²) in [6.45, 7) is 4.54. The number of fused-ring (bicyclic) bond motifs is 4. The molecule has 0 amide bonds. The summed E-state index contributed by atoms with van der Waals surface area (Å²) in [5.74, 6) is 0. The first-order chi connectivity index (χ1) is 20.5. The van der Waals surface area contributed by atoms with E-state index in [-0.39, 0.29) is 3.63 Å². The molecule has 0 saturated heterocycles. The van der Waals surface area contributed by atoms with Crippen LogP contribution in [0.25, 0.3) is 39.5 Å². The second-order valence-electron chi connectivity index (χ2n) is 11.6. The Labute approximate surface area is 263 Å². The normalized spacial score (nSPS) is 15.8. The quantitative estimate of drug-likeness (QED) is 0.148. The molecule has 0 aromatic heterocycles. The summed E-state index contributed by atoms with van der Waals surface area (Å²) < 4.78 is 1.41. The van der Waals surface area contributed by atoms with Crippen molar-refractivity contribution < 1.29 is 17.9 Å². The molecule has 4 heteroatoms. The molecule has 0 nitrogen and oxygen atoms in total. The number of halogens is 2. The van der Waals surface area contributed by atoms with E-state index in [4.69, 9.17) is 17.0 Å². The predicted molar refractivity (Wildman–Crippen MR) is 183 cm³/mol. The Bertz CT molecular complexity index is 1840. The first-order valence-corrected chi connectivity index (χ1v) is 25.5. The van der Waals surface area contributed by atoms with Gasteiger partial charge in [0.25, 0.3) is 0 Å². The average molecular weight is 681 g/mol. The average Bonchev–Trinajstić information content (AvgIpc) is 3.59. The molecule has 5 aromatic rings. The van der Waals surface area contributed by atoms with Crippen LogP contribution in [0.2, 0.25) is 0 Å². The van der Waals surface area contributed by atoms with Crippen molar-refractivity contribution in [3.63, 3.8) is 0 Å². The molecule has 1 unspecified atom stereocenters. The van der Waals surface area contributed by atoms with Crippen molar-refractivity contribution in [2.24, 2.45) is 0 Å². The van der Waals surface area contributed by atoms with Crippen molar-refractivity contribution in [1.82, 2.24) is 0 Å². The summed E-state index contributed by atoms with van der Waals surface area (Å²) in [5.41, 5.74) is 13.4. The molecule has 0 spiro atoms. The third kappa shape index (κ3) is 4.67. The second-order valence-corrected chi connectivity index (χ2v) is 27.4. The zero-order valence-corrected chi connectivity index (χ0v) is 29.5. The van der Waals surface area contributed by atoms with Gasteiger partial charge >= 0.3 is 266 Å². The summed E-state index contributed by atoms with van der Waals surface area (Å²) in [7, 11) is 15.2. The van der Waals surface area contributed by atoms with Gasteiger partial charge in [0.15, 0.2) is 0 Å². The van der Waals surface area contributed by atoms with E-state index in [1.165, 1.54) is 69.3 Å². The fraction of sp³-hybridized carbons (Fsp3) is 0.158. The number of aryl methyl sites for hydroxylation is 1. The molecule has 0 bridgehead atoms. The predicted octanol–water partition coefficient (Wildman–Crippen LogP) is 8.71. The van der Waals surface area contributed by atoms with Crippen LogP contribution in [0.5, 0.6) is 0 Å². The monoisotopic (exact) mass is 678 g/mol. The Hall–Kier alpha value is -2.48. The Morgan fingerprint density at radius 2 is 1.38 bits per heavy atom. The van der Waals surface area contributed by atoms with Gasteiger partial charge in [-0.05, 0) is 0 Å². The Balaban J connectivity index is 1.42. The molecule has 0 fully saturated rings. The van der Waals surface area contributed by atoms with Crippen molar-refractivity contribution >= 4 is 46.3 Å². The van der Waals surface area contributed by atoms with Gasteiger partial charge in [-0.2, -0.15) is 0 Å². The van der Waals surface area contributed by atoms with Crippen molar-refractivity contribution in [1.29, 1.82) is 0 Å². The molecule has 7 rings (SSSR count).